The predicted molar refractivity (Wildman–Crippen MR) is 118 cm³/mol. The van der Waals surface area contributed by atoms with Gasteiger partial charge in [0.15, 0.2) is 0 Å². The van der Waals surface area contributed by atoms with Gasteiger partial charge in [0.05, 0.1) is 0 Å². The Bertz CT molecular complexity index is 997. The van der Waals surface area contributed by atoms with Gasteiger partial charge in [0.2, 0.25) is 11.8 Å². The number of hydrogen-bond acceptors (Lipinski definition) is 4. The van der Waals surface area contributed by atoms with Gasteiger partial charge < -0.3 is 20.9 Å². The van der Waals surface area contributed by atoms with Crippen LogP contribution in [0.5, 0.6) is 0 Å². The van der Waals surface area contributed by atoms with Gasteiger partial charge >= 0.3 is 0 Å². The van der Waals surface area contributed by atoms with Crippen molar-refractivity contribution in [3.8, 4) is 0 Å². The number of carbonyl (C=O) groups is 4. The van der Waals surface area contributed by atoms with Crippen molar-refractivity contribution in [3.05, 3.63) is 59.4 Å². The molecule has 0 aromatic heterocycles. The Morgan fingerprint density at radius 3 is 1.88 bits per heavy atom. The maximum absolute atomic E-state index is 13.0. The molecule has 168 valence electrons. The molecular weight excluding hydrogens is 415 g/mol. The van der Waals surface area contributed by atoms with Gasteiger partial charge in [-0.2, -0.15) is 0 Å². The number of halogens is 1. The lowest BCUT2D eigenvalue weighted by Crippen LogP contribution is -2.46. The first-order valence-corrected chi connectivity index (χ1v) is 10.3. The quantitative estimate of drug-likeness (QED) is 0.664. The Kier molecular flexibility index (Phi) is 7.19. The number of likely N-dealkylation sites (tertiary alicyclic amines) is 1. The van der Waals surface area contributed by atoms with Crippen molar-refractivity contribution in [2.45, 2.75) is 32.7 Å². The third-order valence-electron chi connectivity index (χ3n) is 5.04. The molecule has 4 amide bonds. The molecular formula is C23H25FN4O4. The summed E-state index contributed by atoms with van der Waals surface area (Å²) in [4.78, 5) is 49.9. The molecule has 0 spiro atoms. The molecule has 3 N–H and O–H groups in total. The standard InChI is InChI=1S/C23H25FN4O4/c1-14(29)25-20-11-17(12-21(13-20)26-15(2)30)23(32)28-9-7-19(8-10-28)27-22(31)16-3-5-18(24)6-4-16/h3-6,11-13,19H,7-10H2,1-2H3,(H,25,29)(H,26,30)(H,27,31). The van der Waals surface area contributed by atoms with Crippen molar-refractivity contribution in [2.75, 3.05) is 23.7 Å². The molecule has 9 heteroatoms. The molecule has 0 atom stereocenters. The number of benzene rings is 2. The highest BCUT2D eigenvalue weighted by atomic mass is 19.1. The number of carbonyl (C=O) groups excluding carboxylic acids is 4. The van der Waals surface area contributed by atoms with Gasteiger partial charge in [0, 0.05) is 55.5 Å². The highest BCUT2D eigenvalue weighted by Crippen LogP contribution is 2.22. The fourth-order valence-electron chi connectivity index (χ4n) is 3.58. The number of hydrogen-bond donors (Lipinski definition) is 3. The van der Waals surface area contributed by atoms with Crippen LogP contribution in [0.25, 0.3) is 0 Å². The average Bonchev–Trinajstić information content (AvgIpc) is 2.73. The highest BCUT2D eigenvalue weighted by molar-refractivity contribution is 6.00. The minimum Gasteiger partial charge on any atom is -0.349 e. The third-order valence-corrected chi connectivity index (χ3v) is 5.04. The molecule has 2 aromatic rings. The zero-order valence-corrected chi connectivity index (χ0v) is 17.9. The molecule has 0 unspecified atom stereocenters. The van der Waals surface area contributed by atoms with Crippen LogP contribution in [0.4, 0.5) is 15.8 Å². The van der Waals surface area contributed by atoms with E-state index in [1.54, 1.807) is 23.1 Å². The molecule has 8 nitrogen and oxygen atoms in total. The summed E-state index contributed by atoms with van der Waals surface area (Å²) >= 11 is 0. The Balaban J connectivity index is 1.64. The van der Waals surface area contributed by atoms with Crippen molar-refractivity contribution in [2.24, 2.45) is 0 Å². The topological polar surface area (TPSA) is 108 Å². The Morgan fingerprint density at radius 2 is 1.38 bits per heavy atom. The van der Waals surface area contributed by atoms with Crippen molar-refractivity contribution in [1.82, 2.24) is 10.2 Å². The lowest BCUT2D eigenvalue weighted by Gasteiger charge is -2.32. The van der Waals surface area contributed by atoms with E-state index >= 15 is 0 Å². The van der Waals surface area contributed by atoms with Gasteiger partial charge in [0.25, 0.3) is 11.8 Å². The minimum atomic E-state index is -0.405. The van der Waals surface area contributed by atoms with Crippen LogP contribution in [0.2, 0.25) is 0 Å². The number of piperidine rings is 1. The van der Waals surface area contributed by atoms with Crippen LogP contribution in [-0.2, 0) is 9.59 Å². The van der Waals surface area contributed by atoms with E-state index < -0.39 is 5.82 Å². The lowest BCUT2D eigenvalue weighted by molar-refractivity contribution is -0.115. The molecule has 1 heterocycles. The first-order chi connectivity index (χ1) is 15.2. The fourth-order valence-corrected chi connectivity index (χ4v) is 3.58. The normalized spacial score (nSPS) is 13.9. The Hall–Kier alpha value is -3.75. The summed E-state index contributed by atoms with van der Waals surface area (Å²) in [5, 5.41) is 8.19. The van der Waals surface area contributed by atoms with Crippen molar-refractivity contribution in [3.63, 3.8) is 0 Å². The first kappa shape index (κ1) is 22.9. The van der Waals surface area contributed by atoms with Crippen LogP contribution >= 0.6 is 0 Å². The second-order valence-electron chi connectivity index (χ2n) is 7.71. The molecule has 1 fully saturated rings. The van der Waals surface area contributed by atoms with Crippen molar-refractivity contribution >= 4 is 35.0 Å². The van der Waals surface area contributed by atoms with Crippen LogP contribution in [0.3, 0.4) is 0 Å². The lowest BCUT2D eigenvalue weighted by atomic mass is 10.0. The van der Waals surface area contributed by atoms with E-state index in [-0.39, 0.29) is 29.7 Å². The smallest absolute Gasteiger partial charge is 0.254 e. The first-order valence-electron chi connectivity index (χ1n) is 10.3. The minimum absolute atomic E-state index is 0.0998. The number of nitrogens with one attached hydrogen (secondary N) is 3. The van der Waals surface area contributed by atoms with E-state index in [9.17, 15) is 23.6 Å². The molecule has 1 saturated heterocycles. The second kappa shape index (κ2) is 10.0. The number of rotatable bonds is 5. The van der Waals surface area contributed by atoms with E-state index in [4.69, 9.17) is 0 Å². The molecule has 1 aliphatic heterocycles. The second-order valence-corrected chi connectivity index (χ2v) is 7.71. The maximum Gasteiger partial charge on any atom is 0.254 e. The molecule has 1 aliphatic rings. The summed E-state index contributed by atoms with van der Waals surface area (Å²) < 4.78 is 13.0. The fraction of sp³-hybridized carbons (Fsp3) is 0.304. The number of anilines is 2. The molecule has 3 rings (SSSR count). The van der Waals surface area contributed by atoms with Gasteiger partial charge in [-0.3, -0.25) is 19.2 Å². The van der Waals surface area contributed by atoms with Gasteiger partial charge in [0.1, 0.15) is 5.82 Å². The molecule has 0 saturated carbocycles. The van der Waals surface area contributed by atoms with E-state index in [1.807, 2.05) is 0 Å². The number of nitrogens with zero attached hydrogens (tertiary/aromatic N) is 1. The maximum atomic E-state index is 13.0. The monoisotopic (exact) mass is 440 g/mol. The average molecular weight is 440 g/mol. The van der Waals surface area contributed by atoms with E-state index in [1.165, 1.54) is 38.1 Å². The largest absolute Gasteiger partial charge is 0.349 e. The summed E-state index contributed by atoms with van der Waals surface area (Å²) in [5.41, 5.74) is 1.54. The summed E-state index contributed by atoms with van der Waals surface area (Å²) in [6, 6.07) is 9.94. The predicted octanol–water partition coefficient (Wildman–Crippen LogP) is 2.78. The highest BCUT2D eigenvalue weighted by Gasteiger charge is 2.25. The number of amides is 4. The van der Waals surface area contributed by atoms with Gasteiger partial charge in [-0.05, 0) is 55.3 Å². The van der Waals surface area contributed by atoms with Crippen molar-refractivity contribution in [1.29, 1.82) is 0 Å². The zero-order chi connectivity index (χ0) is 23.3. The molecule has 32 heavy (non-hydrogen) atoms. The molecule has 0 radical (unpaired) electrons. The van der Waals surface area contributed by atoms with Crippen LogP contribution in [0.15, 0.2) is 42.5 Å². The van der Waals surface area contributed by atoms with Crippen molar-refractivity contribution < 1.29 is 23.6 Å². The van der Waals surface area contributed by atoms with Gasteiger partial charge in [-0.25, -0.2) is 4.39 Å². The van der Waals surface area contributed by atoms with E-state index in [2.05, 4.69) is 16.0 Å². The van der Waals surface area contributed by atoms with Gasteiger partial charge in [-0.1, -0.05) is 0 Å². The summed E-state index contributed by atoms with van der Waals surface area (Å²) in [7, 11) is 0. The third kappa shape index (κ3) is 6.13. The molecule has 0 bridgehead atoms. The molecule has 0 aliphatic carbocycles. The summed E-state index contributed by atoms with van der Waals surface area (Å²) in [6.07, 6.45) is 1.14. The van der Waals surface area contributed by atoms with Gasteiger partial charge in [-0.15, -0.1) is 0 Å². The SMILES string of the molecule is CC(=O)Nc1cc(NC(C)=O)cc(C(=O)N2CCC(NC(=O)c3ccc(F)cc3)CC2)c1. The van der Waals surface area contributed by atoms with E-state index in [0.29, 0.717) is 48.4 Å². The summed E-state index contributed by atoms with van der Waals surface area (Å²) in [6.45, 7) is 3.59. The Labute approximate surface area is 185 Å². The van der Waals surface area contributed by atoms with Crippen LogP contribution in [-0.4, -0.2) is 47.7 Å². The summed E-state index contributed by atoms with van der Waals surface area (Å²) in [5.74, 6) is -1.50. The van der Waals surface area contributed by atoms with Crippen LogP contribution in [0, 0.1) is 5.82 Å². The molecule has 2 aromatic carbocycles. The Morgan fingerprint density at radius 1 is 0.844 bits per heavy atom. The zero-order valence-electron chi connectivity index (χ0n) is 17.9. The van der Waals surface area contributed by atoms with E-state index in [0.717, 1.165) is 0 Å². The van der Waals surface area contributed by atoms with Crippen LogP contribution in [0.1, 0.15) is 47.4 Å². The van der Waals surface area contributed by atoms with Crippen LogP contribution < -0.4 is 16.0 Å².